The molecule has 0 spiro atoms. The molecule has 2 aliphatic heterocycles. The van der Waals surface area contributed by atoms with Gasteiger partial charge in [0.2, 0.25) is 0 Å². The SMILES string of the molecule is CCN1C(=O)N2CC(C)(C)CN=C2c2ccc(C(=O)NCc3cccnc3)cc21. The number of aliphatic imine (C=N–C) groups is 1. The zero-order chi connectivity index (χ0) is 20.6. The Morgan fingerprint density at radius 3 is 2.83 bits per heavy atom. The van der Waals surface area contributed by atoms with Crippen LogP contribution in [0, 0.1) is 5.41 Å². The zero-order valence-electron chi connectivity index (χ0n) is 17.0. The standard InChI is InChI=1S/C22H25N5O2/c1-4-26-18-10-16(20(28)24-12-15-6-5-9-23-11-15)7-8-17(18)19-25-13-22(2,3)14-27(19)21(26)29/h5-11H,4,12-14H2,1-3H3,(H,24,28). The van der Waals surface area contributed by atoms with Crippen LogP contribution < -0.4 is 10.2 Å². The minimum absolute atomic E-state index is 0.0534. The van der Waals surface area contributed by atoms with Crippen molar-refractivity contribution in [1.29, 1.82) is 0 Å². The molecule has 1 aromatic heterocycles. The number of carbonyl (C=O) groups is 2. The Kier molecular flexibility index (Phi) is 4.82. The fourth-order valence-electron chi connectivity index (χ4n) is 3.74. The fraction of sp³-hybridized carbons (Fsp3) is 0.364. The first-order valence-electron chi connectivity index (χ1n) is 9.84. The highest BCUT2D eigenvalue weighted by Crippen LogP contribution is 2.34. The van der Waals surface area contributed by atoms with Gasteiger partial charge in [-0.1, -0.05) is 19.9 Å². The Bertz CT molecular complexity index is 984. The van der Waals surface area contributed by atoms with E-state index in [1.165, 1.54) is 0 Å². The molecule has 29 heavy (non-hydrogen) atoms. The van der Waals surface area contributed by atoms with E-state index < -0.39 is 0 Å². The Morgan fingerprint density at radius 1 is 1.28 bits per heavy atom. The molecule has 0 atom stereocenters. The topological polar surface area (TPSA) is 77.9 Å². The maximum atomic E-state index is 13.1. The number of hydrogen-bond acceptors (Lipinski definition) is 4. The predicted octanol–water partition coefficient (Wildman–Crippen LogP) is 3.06. The number of amidine groups is 1. The fourth-order valence-corrected chi connectivity index (χ4v) is 3.74. The molecule has 3 heterocycles. The minimum Gasteiger partial charge on any atom is -0.348 e. The molecule has 1 aromatic carbocycles. The molecule has 0 saturated carbocycles. The Balaban J connectivity index is 1.63. The van der Waals surface area contributed by atoms with Crippen LogP contribution in [0.3, 0.4) is 0 Å². The van der Waals surface area contributed by atoms with E-state index in [9.17, 15) is 9.59 Å². The largest absolute Gasteiger partial charge is 0.348 e. The van der Waals surface area contributed by atoms with E-state index in [1.54, 1.807) is 34.3 Å². The molecule has 0 fully saturated rings. The quantitative estimate of drug-likeness (QED) is 0.870. The number of pyridine rings is 1. The van der Waals surface area contributed by atoms with Crippen LogP contribution in [0.2, 0.25) is 0 Å². The van der Waals surface area contributed by atoms with Crippen LogP contribution >= 0.6 is 0 Å². The summed E-state index contributed by atoms with van der Waals surface area (Å²) in [5.74, 6) is 0.519. The van der Waals surface area contributed by atoms with E-state index >= 15 is 0 Å². The number of nitrogens with one attached hydrogen (secondary N) is 1. The summed E-state index contributed by atoms with van der Waals surface area (Å²) in [7, 11) is 0. The Labute approximate surface area is 170 Å². The molecule has 0 bridgehead atoms. The smallest absolute Gasteiger partial charge is 0.330 e. The lowest BCUT2D eigenvalue weighted by atomic mass is 9.90. The number of fused-ring (bicyclic) bond motifs is 3. The molecule has 0 unspecified atom stereocenters. The Morgan fingerprint density at radius 2 is 2.10 bits per heavy atom. The number of hydrogen-bond donors (Lipinski definition) is 1. The molecule has 0 radical (unpaired) electrons. The van der Waals surface area contributed by atoms with Gasteiger partial charge in [0.25, 0.3) is 5.91 Å². The lowest BCUT2D eigenvalue weighted by Crippen LogP contribution is -2.56. The molecule has 7 heteroatoms. The second-order valence-electron chi connectivity index (χ2n) is 8.19. The van der Waals surface area contributed by atoms with Crippen molar-refractivity contribution in [3.63, 3.8) is 0 Å². The molecule has 2 aromatic rings. The number of carbonyl (C=O) groups excluding carboxylic acids is 2. The summed E-state index contributed by atoms with van der Waals surface area (Å²) in [5, 5.41) is 2.91. The minimum atomic E-state index is -0.186. The van der Waals surface area contributed by atoms with Gasteiger partial charge in [-0.15, -0.1) is 0 Å². The van der Waals surface area contributed by atoms with Crippen LogP contribution in [0.5, 0.6) is 0 Å². The van der Waals surface area contributed by atoms with E-state index in [4.69, 9.17) is 4.99 Å². The van der Waals surface area contributed by atoms with Gasteiger partial charge in [0.05, 0.1) is 5.69 Å². The van der Waals surface area contributed by atoms with E-state index in [2.05, 4.69) is 24.1 Å². The van der Waals surface area contributed by atoms with E-state index in [-0.39, 0.29) is 17.4 Å². The molecule has 7 nitrogen and oxygen atoms in total. The van der Waals surface area contributed by atoms with Crippen molar-refractivity contribution in [3.05, 3.63) is 59.4 Å². The molecule has 150 valence electrons. The number of rotatable bonds is 4. The molecule has 1 N–H and O–H groups in total. The first kappa shape index (κ1) is 19.1. The molecule has 3 amide bonds. The average molecular weight is 391 g/mol. The second kappa shape index (κ2) is 7.31. The summed E-state index contributed by atoms with van der Waals surface area (Å²) in [6.07, 6.45) is 3.42. The van der Waals surface area contributed by atoms with E-state index in [0.29, 0.717) is 37.6 Å². The van der Waals surface area contributed by atoms with Gasteiger partial charge < -0.3 is 5.32 Å². The third kappa shape index (κ3) is 3.60. The maximum Gasteiger partial charge on any atom is 0.330 e. The van der Waals surface area contributed by atoms with Crippen LogP contribution in [0.1, 0.15) is 42.3 Å². The van der Waals surface area contributed by atoms with Crippen molar-refractivity contribution in [2.45, 2.75) is 27.3 Å². The molecule has 0 saturated heterocycles. The lowest BCUT2D eigenvalue weighted by molar-refractivity contribution is 0.0951. The van der Waals surface area contributed by atoms with Gasteiger partial charge in [-0.05, 0) is 36.8 Å². The predicted molar refractivity (Wildman–Crippen MR) is 112 cm³/mol. The van der Waals surface area contributed by atoms with Crippen LogP contribution in [0.15, 0.2) is 47.7 Å². The van der Waals surface area contributed by atoms with Crippen molar-refractivity contribution in [2.75, 3.05) is 24.5 Å². The summed E-state index contributed by atoms with van der Waals surface area (Å²) < 4.78 is 0. The first-order chi connectivity index (χ1) is 13.9. The molecular formula is C22H25N5O2. The van der Waals surface area contributed by atoms with Crippen molar-refractivity contribution in [1.82, 2.24) is 15.2 Å². The number of anilines is 1. The Hall–Kier alpha value is -3.22. The third-order valence-electron chi connectivity index (χ3n) is 5.24. The summed E-state index contributed by atoms with van der Waals surface area (Å²) >= 11 is 0. The highest BCUT2D eigenvalue weighted by molar-refractivity contribution is 6.20. The molecule has 2 aliphatic rings. The normalized spacial score (nSPS) is 17.3. The number of benzene rings is 1. The summed E-state index contributed by atoms with van der Waals surface area (Å²) in [4.78, 5) is 38.0. The first-order valence-corrected chi connectivity index (χ1v) is 9.84. The van der Waals surface area contributed by atoms with Crippen molar-refractivity contribution in [2.24, 2.45) is 10.4 Å². The number of aromatic nitrogens is 1. The highest BCUT2D eigenvalue weighted by Gasteiger charge is 2.40. The maximum absolute atomic E-state index is 13.1. The van der Waals surface area contributed by atoms with Crippen molar-refractivity contribution < 1.29 is 9.59 Å². The van der Waals surface area contributed by atoms with E-state index in [1.807, 2.05) is 25.1 Å². The number of amides is 3. The van der Waals surface area contributed by atoms with Crippen molar-refractivity contribution in [3.8, 4) is 0 Å². The van der Waals surface area contributed by atoms with Crippen LogP contribution in [0.4, 0.5) is 10.5 Å². The van der Waals surface area contributed by atoms with Crippen molar-refractivity contribution >= 4 is 23.5 Å². The van der Waals surface area contributed by atoms with Gasteiger partial charge in [-0.25, -0.2) is 4.79 Å². The van der Waals surface area contributed by atoms with Gasteiger partial charge in [0.15, 0.2) is 0 Å². The number of nitrogens with zero attached hydrogens (tertiary/aromatic N) is 4. The van der Waals surface area contributed by atoms with Gasteiger partial charge >= 0.3 is 6.03 Å². The van der Waals surface area contributed by atoms with Gasteiger partial charge in [-0.3, -0.25) is 24.6 Å². The van der Waals surface area contributed by atoms with Gasteiger partial charge in [-0.2, -0.15) is 0 Å². The summed E-state index contributed by atoms with van der Waals surface area (Å²) in [5.41, 5.74) is 3.03. The lowest BCUT2D eigenvalue weighted by Gasteiger charge is -2.43. The molecule has 4 rings (SSSR count). The van der Waals surface area contributed by atoms with Crippen LogP contribution in [0.25, 0.3) is 0 Å². The monoisotopic (exact) mass is 391 g/mol. The number of urea groups is 1. The molecule has 0 aliphatic carbocycles. The zero-order valence-corrected chi connectivity index (χ0v) is 17.0. The average Bonchev–Trinajstić information content (AvgIpc) is 2.72. The van der Waals surface area contributed by atoms with E-state index in [0.717, 1.165) is 16.8 Å². The second-order valence-corrected chi connectivity index (χ2v) is 8.19. The van der Waals surface area contributed by atoms with Gasteiger partial charge in [0.1, 0.15) is 5.84 Å². The van der Waals surface area contributed by atoms with Crippen LogP contribution in [-0.4, -0.2) is 47.3 Å². The highest BCUT2D eigenvalue weighted by atomic mass is 16.2. The molecular weight excluding hydrogens is 366 g/mol. The third-order valence-corrected chi connectivity index (χ3v) is 5.24. The summed E-state index contributed by atoms with van der Waals surface area (Å²) in [6.45, 7) is 8.39. The summed E-state index contributed by atoms with van der Waals surface area (Å²) in [6, 6.07) is 9.14. The van der Waals surface area contributed by atoms with Crippen LogP contribution in [-0.2, 0) is 6.54 Å². The van der Waals surface area contributed by atoms with Gasteiger partial charge in [0, 0.05) is 55.1 Å².